The standard InChI is InChI=1S/C20H30N2O3/c1-16-3-5-17(6-4-16)21-11-13-22(14-12-21)20(23)15-25-19-9-7-18(24-2)8-10-19/h7-10,16-17H,3-6,11-15H2,1-2H3. The number of methoxy groups -OCH3 is 1. The van der Waals surface area contributed by atoms with Crippen LogP contribution in [0.5, 0.6) is 11.5 Å². The van der Waals surface area contributed by atoms with Crippen LogP contribution in [-0.4, -0.2) is 61.6 Å². The second-order valence-electron chi connectivity index (χ2n) is 7.29. The van der Waals surface area contributed by atoms with Crippen LogP contribution in [0.4, 0.5) is 0 Å². The number of piperazine rings is 1. The van der Waals surface area contributed by atoms with Crippen molar-refractivity contribution in [2.24, 2.45) is 5.92 Å². The molecule has 0 radical (unpaired) electrons. The van der Waals surface area contributed by atoms with Crippen LogP contribution in [-0.2, 0) is 4.79 Å². The molecule has 1 saturated carbocycles. The second-order valence-corrected chi connectivity index (χ2v) is 7.29. The molecule has 138 valence electrons. The Bertz CT molecular complexity index is 545. The summed E-state index contributed by atoms with van der Waals surface area (Å²) < 4.78 is 10.7. The summed E-state index contributed by atoms with van der Waals surface area (Å²) in [5.74, 6) is 2.44. The van der Waals surface area contributed by atoms with Gasteiger partial charge in [0.1, 0.15) is 11.5 Å². The van der Waals surface area contributed by atoms with Gasteiger partial charge in [-0.25, -0.2) is 0 Å². The van der Waals surface area contributed by atoms with Crippen LogP contribution in [0, 0.1) is 5.92 Å². The highest BCUT2D eigenvalue weighted by Gasteiger charge is 2.28. The van der Waals surface area contributed by atoms with Crippen molar-refractivity contribution >= 4 is 5.91 Å². The fraction of sp³-hybridized carbons (Fsp3) is 0.650. The lowest BCUT2D eigenvalue weighted by Gasteiger charge is -2.41. The molecule has 0 aromatic heterocycles. The average molecular weight is 346 g/mol. The third kappa shape index (κ3) is 4.88. The van der Waals surface area contributed by atoms with Crippen molar-refractivity contribution in [3.63, 3.8) is 0 Å². The van der Waals surface area contributed by atoms with Gasteiger partial charge in [-0.05, 0) is 55.9 Å². The third-order valence-electron chi connectivity index (χ3n) is 5.59. The first kappa shape index (κ1) is 18.1. The minimum atomic E-state index is 0.0766. The van der Waals surface area contributed by atoms with E-state index in [9.17, 15) is 4.79 Å². The Morgan fingerprint density at radius 2 is 1.60 bits per heavy atom. The van der Waals surface area contributed by atoms with Crippen LogP contribution < -0.4 is 9.47 Å². The summed E-state index contributed by atoms with van der Waals surface area (Å²) >= 11 is 0. The van der Waals surface area contributed by atoms with Crippen LogP contribution in [0.15, 0.2) is 24.3 Å². The van der Waals surface area contributed by atoms with Gasteiger partial charge in [0, 0.05) is 32.2 Å². The molecule has 2 aliphatic rings. The van der Waals surface area contributed by atoms with Gasteiger partial charge in [-0.1, -0.05) is 6.92 Å². The number of carbonyl (C=O) groups excluding carboxylic acids is 1. The van der Waals surface area contributed by atoms with Crippen molar-refractivity contribution in [1.82, 2.24) is 9.80 Å². The van der Waals surface area contributed by atoms with E-state index in [1.807, 2.05) is 29.2 Å². The van der Waals surface area contributed by atoms with E-state index in [2.05, 4.69) is 11.8 Å². The summed E-state index contributed by atoms with van der Waals surface area (Å²) in [4.78, 5) is 16.9. The van der Waals surface area contributed by atoms with Crippen LogP contribution >= 0.6 is 0 Å². The molecule has 0 spiro atoms. The highest BCUT2D eigenvalue weighted by atomic mass is 16.5. The lowest BCUT2D eigenvalue weighted by molar-refractivity contribution is -0.135. The first-order valence-corrected chi connectivity index (χ1v) is 9.44. The number of ether oxygens (including phenoxy) is 2. The third-order valence-corrected chi connectivity index (χ3v) is 5.59. The zero-order chi connectivity index (χ0) is 17.6. The fourth-order valence-corrected chi connectivity index (χ4v) is 3.85. The van der Waals surface area contributed by atoms with Crippen molar-refractivity contribution in [1.29, 1.82) is 0 Å². The molecule has 5 heteroatoms. The SMILES string of the molecule is COc1ccc(OCC(=O)N2CCN(C3CCC(C)CC3)CC2)cc1. The molecule has 3 rings (SSSR count). The molecule has 5 nitrogen and oxygen atoms in total. The van der Waals surface area contributed by atoms with Gasteiger partial charge >= 0.3 is 0 Å². The van der Waals surface area contributed by atoms with Crippen molar-refractivity contribution < 1.29 is 14.3 Å². The van der Waals surface area contributed by atoms with Crippen molar-refractivity contribution in [2.75, 3.05) is 39.9 Å². The van der Waals surface area contributed by atoms with Gasteiger partial charge in [-0.2, -0.15) is 0 Å². The Morgan fingerprint density at radius 1 is 1.00 bits per heavy atom. The molecule has 0 unspecified atom stereocenters. The van der Waals surface area contributed by atoms with E-state index in [-0.39, 0.29) is 12.5 Å². The zero-order valence-corrected chi connectivity index (χ0v) is 15.4. The van der Waals surface area contributed by atoms with Gasteiger partial charge in [0.2, 0.25) is 0 Å². The Kier molecular flexibility index (Phi) is 6.19. The fourth-order valence-electron chi connectivity index (χ4n) is 3.85. The van der Waals surface area contributed by atoms with Gasteiger partial charge in [-0.3, -0.25) is 9.69 Å². The number of carbonyl (C=O) groups is 1. The van der Waals surface area contributed by atoms with E-state index < -0.39 is 0 Å². The largest absolute Gasteiger partial charge is 0.497 e. The van der Waals surface area contributed by atoms with Gasteiger partial charge in [0.25, 0.3) is 5.91 Å². The Hall–Kier alpha value is -1.75. The van der Waals surface area contributed by atoms with E-state index >= 15 is 0 Å². The number of benzene rings is 1. The van der Waals surface area contributed by atoms with Crippen LogP contribution in [0.2, 0.25) is 0 Å². The molecule has 0 N–H and O–H groups in total. The summed E-state index contributed by atoms with van der Waals surface area (Å²) in [5, 5.41) is 0. The molecule has 1 aromatic rings. The monoisotopic (exact) mass is 346 g/mol. The predicted octanol–water partition coefficient (Wildman–Crippen LogP) is 2.80. The summed E-state index contributed by atoms with van der Waals surface area (Å²) in [5.41, 5.74) is 0. The predicted molar refractivity (Wildman–Crippen MR) is 98.1 cm³/mol. The summed E-state index contributed by atoms with van der Waals surface area (Å²) in [7, 11) is 1.63. The summed E-state index contributed by atoms with van der Waals surface area (Å²) in [6.45, 7) is 6.08. The maximum absolute atomic E-state index is 12.4. The van der Waals surface area contributed by atoms with E-state index in [1.165, 1.54) is 25.7 Å². The molecule has 1 heterocycles. The lowest BCUT2D eigenvalue weighted by Crippen LogP contribution is -2.53. The van der Waals surface area contributed by atoms with E-state index in [4.69, 9.17) is 9.47 Å². The van der Waals surface area contributed by atoms with Crippen LogP contribution in [0.25, 0.3) is 0 Å². The van der Waals surface area contributed by atoms with E-state index in [0.29, 0.717) is 5.75 Å². The molecule has 25 heavy (non-hydrogen) atoms. The number of nitrogens with zero attached hydrogens (tertiary/aromatic N) is 2. The van der Waals surface area contributed by atoms with E-state index in [0.717, 1.165) is 43.9 Å². The Morgan fingerprint density at radius 3 is 2.20 bits per heavy atom. The molecule has 1 aliphatic heterocycles. The Balaban J connectivity index is 1.40. The van der Waals surface area contributed by atoms with Crippen molar-refractivity contribution in [3.05, 3.63) is 24.3 Å². The lowest BCUT2D eigenvalue weighted by atomic mass is 9.86. The highest BCUT2D eigenvalue weighted by Crippen LogP contribution is 2.27. The molecule has 1 aromatic carbocycles. The molecule has 0 atom stereocenters. The maximum atomic E-state index is 12.4. The number of rotatable bonds is 5. The van der Waals surface area contributed by atoms with E-state index in [1.54, 1.807) is 7.11 Å². The summed E-state index contributed by atoms with van der Waals surface area (Å²) in [6, 6.07) is 8.05. The quantitative estimate of drug-likeness (QED) is 0.822. The Labute approximate surface area is 150 Å². The van der Waals surface area contributed by atoms with Gasteiger partial charge in [0.05, 0.1) is 7.11 Å². The zero-order valence-electron chi connectivity index (χ0n) is 15.4. The van der Waals surface area contributed by atoms with Crippen molar-refractivity contribution in [2.45, 2.75) is 38.6 Å². The van der Waals surface area contributed by atoms with Gasteiger partial charge in [-0.15, -0.1) is 0 Å². The number of amides is 1. The number of hydrogen-bond acceptors (Lipinski definition) is 4. The first-order chi connectivity index (χ1) is 12.2. The molecule has 2 fully saturated rings. The highest BCUT2D eigenvalue weighted by molar-refractivity contribution is 5.77. The molecule has 1 amide bonds. The molecule has 1 saturated heterocycles. The average Bonchev–Trinajstić information content (AvgIpc) is 2.67. The first-order valence-electron chi connectivity index (χ1n) is 9.44. The summed E-state index contributed by atoms with van der Waals surface area (Å²) in [6.07, 6.45) is 5.32. The van der Waals surface area contributed by atoms with Crippen molar-refractivity contribution in [3.8, 4) is 11.5 Å². The normalized spacial score (nSPS) is 24.8. The smallest absolute Gasteiger partial charge is 0.260 e. The van der Waals surface area contributed by atoms with Crippen LogP contribution in [0.1, 0.15) is 32.6 Å². The van der Waals surface area contributed by atoms with Gasteiger partial charge < -0.3 is 14.4 Å². The molecule has 1 aliphatic carbocycles. The molecular weight excluding hydrogens is 316 g/mol. The van der Waals surface area contributed by atoms with Crippen LogP contribution in [0.3, 0.4) is 0 Å². The minimum absolute atomic E-state index is 0.0766. The topological polar surface area (TPSA) is 42.0 Å². The second kappa shape index (κ2) is 8.56. The number of hydrogen-bond donors (Lipinski definition) is 0. The minimum Gasteiger partial charge on any atom is -0.497 e. The molecule has 0 bridgehead atoms. The molecular formula is C20H30N2O3. The maximum Gasteiger partial charge on any atom is 0.260 e. The van der Waals surface area contributed by atoms with Gasteiger partial charge in [0.15, 0.2) is 6.61 Å².